The Hall–Kier alpha value is -1.74. The molecule has 0 spiro atoms. The van der Waals surface area contributed by atoms with Crippen molar-refractivity contribution in [1.29, 1.82) is 0 Å². The number of allylic oxidation sites excluding steroid dienone is 1. The van der Waals surface area contributed by atoms with E-state index in [0.717, 1.165) is 4.47 Å². The number of nitrogens with zero attached hydrogens (tertiary/aromatic N) is 1. The van der Waals surface area contributed by atoms with E-state index in [-0.39, 0.29) is 5.78 Å². The number of aryl methyl sites for hydroxylation is 1. The highest BCUT2D eigenvalue weighted by Gasteiger charge is 1.94. The van der Waals surface area contributed by atoms with Crippen LogP contribution in [-0.2, 0) is 4.79 Å². The van der Waals surface area contributed by atoms with E-state index in [4.69, 9.17) is 0 Å². The van der Waals surface area contributed by atoms with Gasteiger partial charge in [-0.1, -0.05) is 54.1 Å². The largest absolute Gasteiger partial charge is 0.295 e. The van der Waals surface area contributed by atoms with E-state index in [9.17, 15) is 4.79 Å². The number of halogens is 1. The van der Waals surface area contributed by atoms with E-state index in [2.05, 4.69) is 60.4 Å². The van der Waals surface area contributed by atoms with Crippen LogP contribution in [0.1, 0.15) is 37.8 Å². The van der Waals surface area contributed by atoms with E-state index in [1.54, 1.807) is 0 Å². The molecular formula is C19H24BrNO. The van der Waals surface area contributed by atoms with Crippen molar-refractivity contribution in [1.82, 2.24) is 4.98 Å². The number of pyridine rings is 1. The molecule has 2 nitrogen and oxygen atoms in total. The second kappa shape index (κ2) is 11.9. The Kier molecular flexibility index (Phi) is 10.9. The third-order valence-electron chi connectivity index (χ3n) is 2.67. The maximum atomic E-state index is 9.69. The second-order valence-corrected chi connectivity index (χ2v) is 5.96. The molecule has 2 rings (SSSR count). The van der Waals surface area contributed by atoms with Gasteiger partial charge in [-0.05, 0) is 55.7 Å². The molecule has 0 aliphatic carbocycles. The zero-order valence-electron chi connectivity index (χ0n) is 13.7. The molecule has 0 saturated carbocycles. The summed E-state index contributed by atoms with van der Waals surface area (Å²) in [5.41, 5.74) is 2.65. The predicted molar refractivity (Wildman–Crippen MR) is 98.1 cm³/mol. The molecule has 1 aromatic heterocycles. The number of carbonyl (C=O) groups excluding carboxylic acids is 1. The van der Waals surface area contributed by atoms with Crippen LogP contribution in [0.25, 0.3) is 0 Å². The van der Waals surface area contributed by atoms with Crippen LogP contribution in [0.2, 0.25) is 0 Å². The maximum Gasteiger partial charge on any atom is 0.152 e. The van der Waals surface area contributed by atoms with Crippen LogP contribution in [0, 0.1) is 6.92 Å². The minimum absolute atomic E-state index is 0.0185. The van der Waals surface area contributed by atoms with Gasteiger partial charge in [0, 0.05) is 16.9 Å². The van der Waals surface area contributed by atoms with Crippen molar-refractivity contribution in [3.8, 4) is 0 Å². The molecular weight excluding hydrogens is 338 g/mol. The fourth-order valence-corrected chi connectivity index (χ4v) is 1.55. The van der Waals surface area contributed by atoms with Gasteiger partial charge in [0.2, 0.25) is 0 Å². The number of aromatic nitrogens is 1. The van der Waals surface area contributed by atoms with Gasteiger partial charge in [-0.2, -0.15) is 0 Å². The van der Waals surface area contributed by atoms with Crippen LogP contribution >= 0.6 is 15.9 Å². The van der Waals surface area contributed by atoms with Crippen molar-refractivity contribution < 1.29 is 4.79 Å². The van der Waals surface area contributed by atoms with Crippen molar-refractivity contribution in [2.75, 3.05) is 0 Å². The normalized spacial score (nSPS) is 9.00. The molecule has 1 aromatic carbocycles. The van der Waals surface area contributed by atoms with Gasteiger partial charge in [0.1, 0.15) is 0 Å². The van der Waals surface area contributed by atoms with Gasteiger partial charge in [-0.15, -0.1) is 0 Å². The van der Waals surface area contributed by atoms with E-state index in [0.29, 0.717) is 5.92 Å². The lowest BCUT2D eigenvalue weighted by Crippen LogP contribution is -1.85. The first kappa shape index (κ1) is 20.3. The first-order chi connectivity index (χ1) is 10.4. The Morgan fingerprint density at radius 2 is 1.59 bits per heavy atom. The summed E-state index contributed by atoms with van der Waals surface area (Å²) >= 11 is 3.35. The molecule has 0 atom stereocenters. The van der Waals surface area contributed by atoms with Crippen LogP contribution in [0.4, 0.5) is 0 Å². The van der Waals surface area contributed by atoms with Gasteiger partial charge in [0.05, 0.1) is 0 Å². The molecule has 0 radical (unpaired) electrons. The third kappa shape index (κ3) is 11.0. The molecule has 0 bridgehead atoms. The molecule has 0 saturated heterocycles. The molecule has 22 heavy (non-hydrogen) atoms. The molecule has 0 fully saturated rings. The van der Waals surface area contributed by atoms with Gasteiger partial charge in [0.25, 0.3) is 0 Å². The molecule has 2 aromatic rings. The molecule has 0 aliphatic rings. The molecule has 118 valence electrons. The first-order valence-electron chi connectivity index (χ1n) is 7.12. The SMILES string of the molecule is C=CC(C)=O.CC(C)c1ccncc1.Cc1ccc(Br)cc1. The fraction of sp³-hybridized carbons (Fsp3) is 0.263. The Morgan fingerprint density at radius 1 is 1.14 bits per heavy atom. The number of hydrogen-bond acceptors (Lipinski definition) is 2. The van der Waals surface area contributed by atoms with E-state index in [1.807, 2.05) is 36.7 Å². The average Bonchev–Trinajstić information content (AvgIpc) is 2.52. The van der Waals surface area contributed by atoms with Crippen LogP contribution < -0.4 is 0 Å². The lowest BCUT2D eigenvalue weighted by atomic mass is 10.1. The first-order valence-corrected chi connectivity index (χ1v) is 7.91. The Bertz CT molecular complexity index is 526. The number of rotatable bonds is 2. The molecule has 0 N–H and O–H groups in total. The summed E-state index contributed by atoms with van der Waals surface area (Å²) < 4.78 is 1.14. The zero-order valence-corrected chi connectivity index (χ0v) is 15.3. The van der Waals surface area contributed by atoms with Crippen molar-refractivity contribution in [2.45, 2.75) is 33.6 Å². The van der Waals surface area contributed by atoms with Gasteiger partial charge < -0.3 is 0 Å². The molecule has 0 aliphatic heterocycles. The van der Waals surface area contributed by atoms with Gasteiger partial charge in [0.15, 0.2) is 5.78 Å². The topological polar surface area (TPSA) is 30.0 Å². The summed E-state index contributed by atoms with van der Waals surface area (Å²) in [6.45, 7) is 11.1. The molecule has 0 unspecified atom stereocenters. The molecule has 1 heterocycles. The van der Waals surface area contributed by atoms with Gasteiger partial charge >= 0.3 is 0 Å². The summed E-state index contributed by atoms with van der Waals surface area (Å²) in [5.74, 6) is 0.637. The summed E-state index contributed by atoms with van der Waals surface area (Å²) in [4.78, 5) is 13.6. The van der Waals surface area contributed by atoms with Gasteiger partial charge in [-0.25, -0.2) is 0 Å². The maximum absolute atomic E-state index is 9.69. The minimum atomic E-state index is 0.0185. The Morgan fingerprint density at radius 3 is 1.86 bits per heavy atom. The fourth-order valence-electron chi connectivity index (χ4n) is 1.28. The smallest absolute Gasteiger partial charge is 0.152 e. The Balaban J connectivity index is 0.000000315. The summed E-state index contributed by atoms with van der Waals surface area (Å²) in [5, 5.41) is 0. The van der Waals surface area contributed by atoms with Crippen LogP contribution in [0.5, 0.6) is 0 Å². The van der Waals surface area contributed by atoms with Crippen LogP contribution in [-0.4, -0.2) is 10.8 Å². The number of carbonyl (C=O) groups is 1. The highest BCUT2D eigenvalue weighted by Crippen LogP contribution is 2.10. The summed E-state index contributed by atoms with van der Waals surface area (Å²) in [6.07, 6.45) is 4.94. The minimum Gasteiger partial charge on any atom is -0.295 e. The van der Waals surface area contributed by atoms with Crippen LogP contribution in [0.15, 0.2) is 65.9 Å². The highest BCUT2D eigenvalue weighted by atomic mass is 79.9. The van der Waals surface area contributed by atoms with Crippen molar-refractivity contribution >= 4 is 21.7 Å². The van der Waals surface area contributed by atoms with E-state index in [1.165, 1.54) is 24.1 Å². The standard InChI is InChI=1S/C8H11N.C7H7Br.C4H6O/c1-7(2)8-3-5-9-6-4-8;1-6-2-4-7(8)5-3-6;1-3-4(2)5/h3-7H,1-2H3;2-5H,1H3;3H,1H2,2H3. The van der Waals surface area contributed by atoms with Crippen molar-refractivity contribution in [2.24, 2.45) is 0 Å². The number of benzene rings is 1. The molecule has 3 heteroatoms. The van der Waals surface area contributed by atoms with Crippen LogP contribution in [0.3, 0.4) is 0 Å². The monoisotopic (exact) mass is 361 g/mol. The second-order valence-electron chi connectivity index (χ2n) is 5.05. The summed E-state index contributed by atoms with van der Waals surface area (Å²) in [7, 11) is 0. The van der Waals surface area contributed by atoms with Crippen molar-refractivity contribution in [3.63, 3.8) is 0 Å². The highest BCUT2D eigenvalue weighted by molar-refractivity contribution is 9.10. The van der Waals surface area contributed by atoms with Crippen molar-refractivity contribution in [3.05, 3.63) is 77.0 Å². The zero-order chi connectivity index (χ0) is 17.0. The average molecular weight is 362 g/mol. The molecule has 0 amide bonds. The number of hydrogen-bond donors (Lipinski definition) is 0. The summed E-state index contributed by atoms with van der Waals surface area (Å²) in [6, 6.07) is 12.3. The van der Waals surface area contributed by atoms with E-state index < -0.39 is 0 Å². The lowest BCUT2D eigenvalue weighted by Gasteiger charge is -2.01. The number of ketones is 1. The quantitative estimate of drug-likeness (QED) is 0.639. The predicted octanol–water partition coefficient (Wildman–Crippen LogP) is 5.72. The van der Waals surface area contributed by atoms with E-state index >= 15 is 0 Å². The Labute approximate surface area is 142 Å². The lowest BCUT2D eigenvalue weighted by molar-refractivity contribution is -0.112. The van der Waals surface area contributed by atoms with Gasteiger partial charge in [-0.3, -0.25) is 9.78 Å². The third-order valence-corrected chi connectivity index (χ3v) is 3.20.